The molecular weight excluding hydrogens is 357 g/mol. The Morgan fingerprint density at radius 3 is 2.33 bits per heavy atom. The third-order valence-corrected chi connectivity index (χ3v) is 4.55. The van der Waals surface area contributed by atoms with Crippen LogP contribution in [0.1, 0.15) is 24.2 Å². The molecule has 0 aliphatic rings. The van der Waals surface area contributed by atoms with Crippen LogP contribution < -0.4 is 4.72 Å². The number of esters is 1. The van der Waals surface area contributed by atoms with Crippen molar-refractivity contribution in [2.24, 2.45) is 0 Å². The molecule has 0 saturated heterocycles. The number of rotatable bonds is 5. The lowest BCUT2D eigenvalue weighted by atomic mass is 10.2. The van der Waals surface area contributed by atoms with E-state index in [1.54, 1.807) is 13.8 Å². The van der Waals surface area contributed by atoms with Gasteiger partial charge in [0.05, 0.1) is 11.7 Å². The number of carbonyl (C=O) groups is 1. The Morgan fingerprint density at radius 2 is 1.79 bits per heavy atom. The Hall–Kier alpha value is -2.12. The molecule has 128 valence electrons. The number of hydrogen-bond donors (Lipinski definition) is 1. The molecule has 0 unspecified atom stereocenters. The molecule has 0 bridgehead atoms. The minimum atomic E-state index is -4.11. The Kier molecular flexibility index (Phi) is 5.46. The molecule has 0 aromatic heterocycles. The van der Waals surface area contributed by atoms with E-state index >= 15 is 0 Å². The van der Waals surface area contributed by atoms with Gasteiger partial charge >= 0.3 is 5.97 Å². The van der Waals surface area contributed by atoms with Crippen LogP contribution in [0.2, 0.25) is 5.02 Å². The van der Waals surface area contributed by atoms with Gasteiger partial charge in [0.15, 0.2) is 0 Å². The number of sulfonamides is 1. The summed E-state index contributed by atoms with van der Waals surface area (Å²) < 4.78 is 45.5. The molecular formula is C16H15ClFNO4S. The maximum Gasteiger partial charge on any atom is 0.338 e. The van der Waals surface area contributed by atoms with Gasteiger partial charge in [-0.3, -0.25) is 4.72 Å². The lowest BCUT2D eigenvalue weighted by Gasteiger charge is -2.10. The maximum absolute atomic E-state index is 13.8. The van der Waals surface area contributed by atoms with Gasteiger partial charge in [-0.05, 0) is 56.3 Å². The van der Waals surface area contributed by atoms with Crippen LogP contribution in [0.3, 0.4) is 0 Å². The van der Waals surface area contributed by atoms with Crippen molar-refractivity contribution in [1.29, 1.82) is 0 Å². The van der Waals surface area contributed by atoms with E-state index in [9.17, 15) is 17.6 Å². The summed E-state index contributed by atoms with van der Waals surface area (Å²) in [5.41, 5.74) is 0.467. The highest BCUT2D eigenvalue weighted by molar-refractivity contribution is 7.92. The van der Waals surface area contributed by atoms with E-state index < -0.39 is 26.7 Å². The third kappa shape index (κ3) is 4.46. The zero-order valence-corrected chi connectivity index (χ0v) is 14.5. The molecule has 8 heteroatoms. The molecule has 0 aliphatic carbocycles. The number of halogens is 2. The average molecular weight is 372 g/mol. The molecule has 0 heterocycles. The van der Waals surface area contributed by atoms with E-state index in [1.807, 2.05) is 0 Å². The zero-order valence-electron chi connectivity index (χ0n) is 12.9. The quantitative estimate of drug-likeness (QED) is 0.810. The van der Waals surface area contributed by atoms with Gasteiger partial charge in [-0.25, -0.2) is 17.6 Å². The largest absolute Gasteiger partial charge is 0.459 e. The Labute approximate surface area is 144 Å². The number of carbonyl (C=O) groups excluding carboxylic acids is 1. The highest BCUT2D eigenvalue weighted by Crippen LogP contribution is 2.22. The average Bonchev–Trinajstić information content (AvgIpc) is 2.46. The summed E-state index contributed by atoms with van der Waals surface area (Å²) in [6, 6.07) is 8.89. The molecule has 24 heavy (non-hydrogen) atoms. The first kappa shape index (κ1) is 18.2. The Morgan fingerprint density at radius 1 is 1.17 bits per heavy atom. The zero-order chi connectivity index (χ0) is 17.9. The summed E-state index contributed by atoms with van der Waals surface area (Å²) >= 11 is 5.61. The molecule has 0 fully saturated rings. The number of benzene rings is 2. The number of ether oxygens (including phenoxy) is 1. The van der Waals surface area contributed by atoms with Crippen LogP contribution in [-0.4, -0.2) is 20.5 Å². The smallest absolute Gasteiger partial charge is 0.338 e. The number of anilines is 1. The molecule has 0 saturated carbocycles. The highest BCUT2D eigenvalue weighted by Gasteiger charge is 2.19. The molecule has 0 spiro atoms. The van der Waals surface area contributed by atoms with Crippen LogP contribution in [0.25, 0.3) is 0 Å². The van der Waals surface area contributed by atoms with Crippen LogP contribution in [-0.2, 0) is 14.8 Å². The lowest BCUT2D eigenvalue weighted by Crippen LogP contribution is -2.15. The Bertz CT molecular complexity index is 851. The number of nitrogens with one attached hydrogen (secondary N) is 1. The summed E-state index contributed by atoms with van der Waals surface area (Å²) in [6.45, 7) is 3.45. The van der Waals surface area contributed by atoms with Gasteiger partial charge in [0.2, 0.25) is 0 Å². The van der Waals surface area contributed by atoms with E-state index in [-0.39, 0.29) is 22.4 Å². The first-order valence-corrected chi connectivity index (χ1v) is 8.84. The van der Waals surface area contributed by atoms with Crippen molar-refractivity contribution in [2.75, 3.05) is 4.72 Å². The van der Waals surface area contributed by atoms with Gasteiger partial charge in [0.1, 0.15) is 10.7 Å². The molecule has 2 aromatic carbocycles. The van der Waals surface area contributed by atoms with Gasteiger partial charge in [0.25, 0.3) is 10.0 Å². The van der Waals surface area contributed by atoms with Gasteiger partial charge in [-0.1, -0.05) is 11.6 Å². The molecule has 0 radical (unpaired) electrons. The molecule has 0 atom stereocenters. The predicted octanol–water partition coefficient (Wildman–Crippen LogP) is 3.85. The second-order valence-corrected chi connectivity index (χ2v) is 7.30. The van der Waals surface area contributed by atoms with Crippen LogP contribution in [0, 0.1) is 5.82 Å². The van der Waals surface area contributed by atoms with Crippen molar-refractivity contribution < 1.29 is 22.3 Å². The minimum absolute atomic E-state index is 0.0967. The molecule has 2 aromatic rings. The fourth-order valence-electron chi connectivity index (χ4n) is 1.86. The minimum Gasteiger partial charge on any atom is -0.459 e. The van der Waals surface area contributed by atoms with E-state index in [0.717, 1.165) is 12.1 Å². The second-order valence-electron chi connectivity index (χ2n) is 5.21. The van der Waals surface area contributed by atoms with Gasteiger partial charge in [-0.15, -0.1) is 0 Å². The topological polar surface area (TPSA) is 72.5 Å². The molecule has 0 amide bonds. The molecule has 5 nitrogen and oxygen atoms in total. The maximum atomic E-state index is 13.8. The van der Waals surface area contributed by atoms with Crippen molar-refractivity contribution in [1.82, 2.24) is 0 Å². The number of hydrogen-bond acceptors (Lipinski definition) is 4. The summed E-state index contributed by atoms with van der Waals surface area (Å²) in [4.78, 5) is 11.2. The molecule has 1 N–H and O–H groups in total. The van der Waals surface area contributed by atoms with Crippen molar-refractivity contribution in [2.45, 2.75) is 24.8 Å². The van der Waals surface area contributed by atoms with Crippen molar-refractivity contribution in [3.63, 3.8) is 0 Å². The summed E-state index contributed by atoms with van der Waals surface area (Å²) in [6.07, 6.45) is -0.261. The summed E-state index contributed by atoms with van der Waals surface area (Å²) in [5, 5.41) is 0.0967. The standard InChI is InChI=1S/C16H15ClFNO4S/c1-10(2)23-16(20)11-3-6-13(7-4-11)19-24(21,22)15-8-5-12(17)9-14(15)18/h3-10,19H,1-2H3. The first-order chi connectivity index (χ1) is 11.2. The first-order valence-electron chi connectivity index (χ1n) is 6.98. The van der Waals surface area contributed by atoms with Crippen molar-refractivity contribution in [3.8, 4) is 0 Å². The van der Waals surface area contributed by atoms with Crippen molar-refractivity contribution >= 4 is 33.3 Å². The third-order valence-electron chi connectivity index (χ3n) is 2.90. The molecule has 0 aliphatic heterocycles. The van der Waals surface area contributed by atoms with E-state index in [4.69, 9.17) is 16.3 Å². The van der Waals surface area contributed by atoms with E-state index in [0.29, 0.717) is 0 Å². The lowest BCUT2D eigenvalue weighted by molar-refractivity contribution is 0.0378. The summed E-state index contributed by atoms with van der Waals surface area (Å²) in [7, 11) is -4.11. The SMILES string of the molecule is CC(C)OC(=O)c1ccc(NS(=O)(=O)c2ccc(Cl)cc2F)cc1. The molecule has 2 rings (SSSR count). The van der Waals surface area contributed by atoms with Gasteiger partial charge in [0, 0.05) is 10.7 Å². The Balaban J connectivity index is 2.20. The second kappa shape index (κ2) is 7.19. The predicted molar refractivity (Wildman–Crippen MR) is 89.2 cm³/mol. The van der Waals surface area contributed by atoms with Crippen LogP contribution in [0.5, 0.6) is 0 Å². The van der Waals surface area contributed by atoms with E-state index in [1.165, 1.54) is 30.3 Å². The fourth-order valence-corrected chi connectivity index (χ4v) is 3.14. The summed E-state index contributed by atoms with van der Waals surface area (Å²) in [5.74, 6) is -1.46. The fraction of sp³-hybridized carbons (Fsp3) is 0.188. The van der Waals surface area contributed by atoms with Crippen LogP contribution in [0.15, 0.2) is 47.4 Å². The van der Waals surface area contributed by atoms with Gasteiger partial charge < -0.3 is 4.74 Å². The van der Waals surface area contributed by atoms with Gasteiger partial charge in [-0.2, -0.15) is 0 Å². The van der Waals surface area contributed by atoms with Crippen molar-refractivity contribution in [3.05, 3.63) is 58.9 Å². The van der Waals surface area contributed by atoms with E-state index in [2.05, 4.69) is 4.72 Å². The van der Waals surface area contributed by atoms with Crippen LogP contribution in [0.4, 0.5) is 10.1 Å². The highest BCUT2D eigenvalue weighted by atomic mass is 35.5. The normalized spacial score (nSPS) is 11.4. The van der Waals surface area contributed by atoms with Crippen LogP contribution >= 0.6 is 11.6 Å². The monoisotopic (exact) mass is 371 g/mol.